The Morgan fingerprint density at radius 3 is 2.73 bits per heavy atom. The summed E-state index contributed by atoms with van der Waals surface area (Å²) in [6, 6.07) is 9.04. The van der Waals surface area contributed by atoms with Crippen LogP contribution in [-0.2, 0) is 0 Å². The van der Waals surface area contributed by atoms with E-state index in [4.69, 9.17) is 5.26 Å². The third-order valence-electron chi connectivity index (χ3n) is 1.79. The largest absolute Gasteiger partial charge is 0.334 e. The fourth-order valence-electron chi connectivity index (χ4n) is 1.01. The second-order valence-electron chi connectivity index (χ2n) is 3.70. The molecule has 1 aromatic rings. The molecule has 0 atom stereocenters. The Balaban J connectivity index is 2.84. The molecule has 0 aliphatic carbocycles. The molecule has 1 rings (SSSR count). The predicted molar refractivity (Wildman–Crippen MR) is 61.3 cm³/mol. The lowest BCUT2D eigenvalue weighted by Crippen LogP contribution is -2.42. The SMILES string of the molecule is CC(C)(C#N)NC(=O)c1cccc(Br)c1. The Hall–Kier alpha value is -1.34. The van der Waals surface area contributed by atoms with E-state index in [0.717, 1.165) is 4.47 Å². The van der Waals surface area contributed by atoms with E-state index in [2.05, 4.69) is 21.2 Å². The fraction of sp³-hybridized carbons (Fsp3) is 0.273. The molecule has 15 heavy (non-hydrogen) atoms. The molecule has 78 valence electrons. The number of hydrogen-bond acceptors (Lipinski definition) is 2. The topological polar surface area (TPSA) is 52.9 Å². The number of rotatable bonds is 2. The first kappa shape index (κ1) is 11.7. The second kappa shape index (κ2) is 4.45. The monoisotopic (exact) mass is 266 g/mol. The van der Waals surface area contributed by atoms with E-state index < -0.39 is 5.54 Å². The van der Waals surface area contributed by atoms with Gasteiger partial charge in [0, 0.05) is 10.0 Å². The van der Waals surface area contributed by atoms with E-state index in [1.165, 1.54) is 0 Å². The van der Waals surface area contributed by atoms with Crippen molar-refractivity contribution in [1.82, 2.24) is 5.32 Å². The van der Waals surface area contributed by atoms with Crippen LogP contribution in [0.5, 0.6) is 0 Å². The van der Waals surface area contributed by atoms with Crippen LogP contribution in [0.15, 0.2) is 28.7 Å². The first-order chi connectivity index (χ1) is 6.94. The van der Waals surface area contributed by atoms with Crippen LogP contribution in [0, 0.1) is 11.3 Å². The van der Waals surface area contributed by atoms with Crippen LogP contribution >= 0.6 is 15.9 Å². The molecule has 0 radical (unpaired) electrons. The van der Waals surface area contributed by atoms with E-state index in [1.54, 1.807) is 32.0 Å². The van der Waals surface area contributed by atoms with Gasteiger partial charge in [0.1, 0.15) is 5.54 Å². The smallest absolute Gasteiger partial charge is 0.252 e. The summed E-state index contributed by atoms with van der Waals surface area (Å²) in [7, 11) is 0. The van der Waals surface area contributed by atoms with Crippen molar-refractivity contribution in [3.05, 3.63) is 34.3 Å². The Kier molecular flexibility index (Phi) is 3.48. The average molecular weight is 267 g/mol. The Bertz CT molecular complexity index is 421. The van der Waals surface area contributed by atoms with Crippen LogP contribution < -0.4 is 5.32 Å². The summed E-state index contributed by atoms with van der Waals surface area (Å²) in [4.78, 5) is 11.7. The number of amides is 1. The Morgan fingerprint density at radius 1 is 1.53 bits per heavy atom. The molecule has 3 nitrogen and oxygen atoms in total. The molecule has 1 amide bonds. The normalized spacial score (nSPS) is 10.5. The lowest BCUT2D eigenvalue weighted by molar-refractivity contribution is 0.0929. The van der Waals surface area contributed by atoms with Gasteiger partial charge in [0.25, 0.3) is 5.91 Å². The molecule has 0 bridgehead atoms. The van der Waals surface area contributed by atoms with Crippen molar-refractivity contribution < 1.29 is 4.79 Å². The highest BCUT2D eigenvalue weighted by Crippen LogP contribution is 2.12. The van der Waals surface area contributed by atoms with Gasteiger partial charge in [-0.25, -0.2) is 0 Å². The minimum absolute atomic E-state index is 0.247. The molecule has 0 aromatic heterocycles. The summed E-state index contributed by atoms with van der Waals surface area (Å²) in [5.74, 6) is -0.247. The van der Waals surface area contributed by atoms with Crippen LogP contribution in [0.3, 0.4) is 0 Å². The number of carbonyl (C=O) groups is 1. The average Bonchev–Trinajstić information content (AvgIpc) is 2.17. The minimum atomic E-state index is -0.848. The first-order valence-corrected chi connectivity index (χ1v) is 5.23. The van der Waals surface area contributed by atoms with E-state index in [1.807, 2.05) is 12.1 Å². The van der Waals surface area contributed by atoms with E-state index in [0.29, 0.717) is 5.56 Å². The summed E-state index contributed by atoms with van der Waals surface area (Å²) < 4.78 is 0.838. The lowest BCUT2D eigenvalue weighted by atomic mass is 10.1. The maximum absolute atomic E-state index is 11.7. The molecular formula is C11H11BrN2O. The highest BCUT2D eigenvalue weighted by atomic mass is 79.9. The van der Waals surface area contributed by atoms with Crippen molar-refractivity contribution in [1.29, 1.82) is 5.26 Å². The molecule has 0 aliphatic heterocycles. The molecule has 1 aromatic carbocycles. The van der Waals surface area contributed by atoms with E-state index in [-0.39, 0.29) is 5.91 Å². The Morgan fingerprint density at radius 2 is 2.20 bits per heavy atom. The fourth-order valence-corrected chi connectivity index (χ4v) is 1.41. The molecule has 0 saturated carbocycles. The van der Waals surface area contributed by atoms with Crippen molar-refractivity contribution in [3.8, 4) is 6.07 Å². The Labute approximate surface area is 97.2 Å². The molecule has 1 N–H and O–H groups in total. The van der Waals surface area contributed by atoms with Crippen LogP contribution in [0.25, 0.3) is 0 Å². The highest BCUT2D eigenvalue weighted by molar-refractivity contribution is 9.10. The van der Waals surface area contributed by atoms with E-state index >= 15 is 0 Å². The van der Waals surface area contributed by atoms with Gasteiger partial charge in [0.05, 0.1) is 6.07 Å². The van der Waals surface area contributed by atoms with Crippen molar-refractivity contribution in [2.75, 3.05) is 0 Å². The van der Waals surface area contributed by atoms with Crippen molar-refractivity contribution in [3.63, 3.8) is 0 Å². The zero-order valence-corrected chi connectivity index (χ0v) is 10.1. The molecular weight excluding hydrogens is 256 g/mol. The predicted octanol–water partition coefficient (Wildman–Crippen LogP) is 2.48. The zero-order chi connectivity index (χ0) is 11.5. The zero-order valence-electron chi connectivity index (χ0n) is 8.54. The van der Waals surface area contributed by atoms with Gasteiger partial charge in [0.2, 0.25) is 0 Å². The molecule has 0 heterocycles. The third kappa shape index (κ3) is 3.37. The van der Waals surface area contributed by atoms with Gasteiger partial charge in [-0.3, -0.25) is 4.79 Å². The van der Waals surface area contributed by atoms with Gasteiger partial charge in [-0.1, -0.05) is 22.0 Å². The molecule has 0 spiro atoms. The summed E-state index contributed by atoms with van der Waals surface area (Å²) in [6.07, 6.45) is 0. The van der Waals surface area contributed by atoms with Crippen LogP contribution in [0.4, 0.5) is 0 Å². The van der Waals surface area contributed by atoms with Crippen LogP contribution in [0.2, 0.25) is 0 Å². The van der Waals surface area contributed by atoms with Gasteiger partial charge in [-0.15, -0.1) is 0 Å². The number of carbonyl (C=O) groups excluding carboxylic acids is 1. The lowest BCUT2D eigenvalue weighted by Gasteiger charge is -2.17. The number of benzene rings is 1. The van der Waals surface area contributed by atoms with Gasteiger partial charge in [-0.2, -0.15) is 5.26 Å². The minimum Gasteiger partial charge on any atom is -0.334 e. The maximum atomic E-state index is 11.7. The highest BCUT2D eigenvalue weighted by Gasteiger charge is 2.19. The molecule has 0 fully saturated rings. The molecule has 0 unspecified atom stereocenters. The van der Waals surface area contributed by atoms with Crippen molar-refractivity contribution in [2.45, 2.75) is 19.4 Å². The van der Waals surface area contributed by atoms with Crippen LogP contribution in [0.1, 0.15) is 24.2 Å². The maximum Gasteiger partial charge on any atom is 0.252 e. The number of hydrogen-bond donors (Lipinski definition) is 1. The second-order valence-corrected chi connectivity index (χ2v) is 4.62. The number of nitrogens with zero attached hydrogens (tertiary/aromatic N) is 1. The summed E-state index contributed by atoms with van der Waals surface area (Å²) >= 11 is 3.28. The van der Waals surface area contributed by atoms with Crippen molar-refractivity contribution >= 4 is 21.8 Å². The standard InChI is InChI=1S/C11H11BrN2O/c1-11(2,7-13)14-10(15)8-4-3-5-9(12)6-8/h3-6H,1-2H3,(H,14,15). The van der Waals surface area contributed by atoms with Crippen LogP contribution in [-0.4, -0.2) is 11.4 Å². The van der Waals surface area contributed by atoms with Gasteiger partial charge in [0.15, 0.2) is 0 Å². The molecule has 0 saturated heterocycles. The summed E-state index contributed by atoms with van der Waals surface area (Å²) in [5, 5.41) is 11.4. The third-order valence-corrected chi connectivity index (χ3v) is 2.29. The van der Waals surface area contributed by atoms with Gasteiger partial charge < -0.3 is 5.32 Å². The van der Waals surface area contributed by atoms with E-state index in [9.17, 15) is 4.79 Å². The summed E-state index contributed by atoms with van der Waals surface area (Å²) in [6.45, 7) is 3.31. The number of nitrogens with one attached hydrogen (secondary N) is 1. The quantitative estimate of drug-likeness (QED) is 0.894. The van der Waals surface area contributed by atoms with Gasteiger partial charge >= 0.3 is 0 Å². The molecule has 4 heteroatoms. The number of halogens is 1. The van der Waals surface area contributed by atoms with Crippen molar-refractivity contribution in [2.24, 2.45) is 0 Å². The molecule has 0 aliphatic rings. The first-order valence-electron chi connectivity index (χ1n) is 4.44. The van der Waals surface area contributed by atoms with Gasteiger partial charge in [-0.05, 0) is 32.0 Å². The number of nitriles is 1. The summed E-state index contributed by atoms with van der Waals surface area (Å²) in [5.41, 5.74) is -0.313.